The van der Waals surface area contributed by atoms with Crippen molar-refractivity contribution in [1.82, 2.24) is 4.90 Å². The lowest BCUT2D eigenvalue weighted by Crippen LogP contribution is -2.44. The molecule has 156 valence electrons. The Morgan fingerprint density at radius 3 is 2.31 bits per heavy atom. The van der Waals surface area contributed by atoms with Crippen molar-refractivity contribution in [2.24, 2.45) is 0 Å². The highest BCUT2D eigenvalue weighted by Gasteiger charge is 2.27. The number of anilines is 1. The van der Waals surface area contributed by atoms with Crippen LogP contribution < -0.4 is 10.5 Å². The van der Waals surface area contributed by atoms with Crippen LogP contribution in [0, 0.1) is 0 Å². The first-order valence-electron chi connectivity index (χ1n) is 10.4. The Balaban J connectivity index is 1.45. The Morgan fingerprint density at radius 1 is 1.03 bits per heavy atom. The van der Waals surface area contributed by atoms with Gasteiger partial charge in [-0.2, -0.15) is 0 Å². The molecule has 0 atom stereocenters. The van der Waals surface area contributed by atoms with Crippen molar-refractivity contribution in [2.45, 2.75) is 58.2 Å². The lowest BCUT2D eigenvalue weighted by atomic mass is 10.0. The standard InChI is InChI=1S/C24H32N2O3/c1-24(2,3)29-23(27)26-16-14-21(15-17-26)28-20-12-9-18(10-13-20)8-11-19-6-4-5-7-22(19)25/h4-7,9-10,12-13,21H,8,11,14-17,25H2,1-3H3. The molecule has 0 aromatic heterocycles. The number of ether oxygens (including phenoxy) is 2. The molecule has 0 bridgehead atoms. The molecule has 1 heterocycles. The van der Waals surface area contributed by atoms with Crippen molar-refractivity contribution in [3.63, 3.8) is 0 Å². The molecule has 2 aromatic carbocycles. The fraction of sp³-hybridized carbons (Fsp3) is 0.458. The van der Waals surface area contributed by atoms with Crippen LogP contribution in [0.2, 0.25) is 0 Å². The van der Waals surface area contributed by atoms with Gasteiger partial charge in [-0.1, -0.05) is 30.3 Å². The molecule has 2 N–H and O–H groups in total. The van der Waals surface area contributed by atoms with Crippen molar-refractivity contribution in [1.29, 1.82) is 0 Å². The van der Waals surface area contributed by atoms with Gasteiger partial charge in [0.25, 0.3) is 0 Å². The van der Waals surface area contributed by atoms with Crippen LogP contribution in [0.3, 0.4) is 0 Å². The van der Waals surface area contributed by atoms with Gasteiger partial charge in [-0.3, -0.25) is 0 Å². The van der Waals surface area contributed by atoms with Crippen LogP contribution >= 0.6 is 0 Å². The summed E-state index contributed by atoms with van der Waals surface area (Å²) in [6.07, 6.45) is 3.39. The molecule has 3 rings (SSSR count). The zero-order chi connectivity index (χ0) is 20.9. The van der Waals surface area contributed by atoms with E-state index in [1.165, 1.54) is 11.1 Å². The molecule has 1 fully saturated rings. The Hall–Kier alpha value is -2.69. The normalized spacial score (nSPS) is 15.2. The maximum Gasteiger partial charge on any atom is 0.410 e. The highest BCUT2D eigenvalue weighted by atomic mass is 16.6. The molecular formula is C24H32N2O3. The van der Waals surface area contributed by atoms with Gasteiger partial charge in [0.1, 0.15) is 17.5 Å². The van der Waals surface area contributed by atoms with Gasteiger partial charge in [-0.15, -0.1) is 0 Å². The number of nitrogens with two attached hydrogens (primary N) is 1. The number of nitrogens with zero attached hydrogens (tertiary/aromatic N) is 1. The molecule has 0 unspecified atom stereocenters. The Bertz CT molecular complexity index is 804. The summed E-state index contributed by atoms with van der Waals surface area (Å²) in [7, 11) is 0. The third-order valence-corrected chi connectivity index (χ3v) is 5.06. The highest BCUT2D eigenvalue weighted by molar-refractivity contribution is 5.68. The smallest absolute Gasteiger partial charge is 0.410 e. The molecule has 0 radical (unpaired) electrons. The third kappa shape index (κ3) is 6.41. The monoisotopic (exact) mass is 396 g/mol. The van der Waals surface area contributed by atoms with Crippen molar-refractivity contribution < 1.29 is 14.3 Å². The number of benzene rings is 2. The van der Waals surface area contributed by atoms with Crippen LogP contribution in [0.4, 0.5) is 10.5 Å². The Morgan fingerprint density at radius 2 is 1.69 bits per heavy atom. The predicted octanol–water partition coefficient (Wildman–Crippen LogP) is 4.83. The lowest BCUT2D eigenvalue weighted by Gasteiger charge is -2.33. The number of hydrogen-bond acceptors (Lipinski definition) is 4. The summed E-state index contributed by atoms with van der Waals surface area (Å²) >= 11 is 0. The second-order valence-corrected chi connectivity index (χ2v) is 8.63. The van der Waals surface area contributed by atoms with Crippen molar-refractivity contribution >= 4 is 11.8 Å². The molecule has 0 spiro atoms. The minimum atomic E-state index is -0.460. The van der Waals surface area contributed by atoms with E-state index in [0.29, 0.717) is 13.1 Å². The largest absolute Gasteiger partial charge is 0.490 e. The molecule has 5 nitrogen and oxygen atoms in total. The minimum absolute atomic E-state index is 0.128. The molecule has 1 amide bonds. The molecule has 2 aromatic rings. The van der Waals surface area contributed by atoms with E-state index >= 15 is 0 Å². The Labute approximate surface area is 173 Å². The first kappa shape index (κ1) is 21.0. The number of likely N-dealkylation sites (tertiary alicyclic amines) is 1. The van der Waals surface area contributed by atoms with Crippen LogP contribution in [-0.4, -0.2) is 35.8 Å². The number of carbonyl (C=O) groups excluding carboxylic acids is 1. The SMILES string of the molecule is CC(C)(C)OC(=O)N1CCC(Oc2ccc(CCc3ccccc3N)cc2)CC1. The zero-order valence-corrected chi connectivity index (χ0v) is 17.7. The zero-order valence-electron chi connectivity index (χ0n) is 17.7. The van der Waals surface area contributed by atoms with Gasteiger partial charge in [0, 0.05) is 31.6 Å². The highest BCUT2D eigenvalue weighted by Crippen LogP contribution is 2.22. The molecule has 5 heteroatoms. The number of carbonyl (C=O) groups is 1. The van der Waals surface area contributed by atoms with Gasteiger partial charge in [-0.05, 0) is 62.9 Å². The molecule has 0 aliphatic carbocycles. The van der Waals surface area contributed by atoms with Gasteiger partial charge < -0.3 is 20.1 Å². The summed E-state index contributed by atoms with van der Waals surface area (Å²) in [5, 5.41) is 0. The topological polar surface area (TPSA) is 64.8 Å². The number of piperidine rings is 1. The van der Waals surface area contributed by atoms with E-state index in [1.807, 2.05) is 51.1 Å². The van der Waals surface area contributed by atoms with Crippen LogP contribution in [0.25, 0.3) is 0 Å². The second-order valence-electron chi connectivity index (χ2n) is 8.63. The fourth-order valence-electron chi connectivity index (χ4n) is 3.45. The number of nitrogen functional groups attached to an aromatic ring is 1. The summed E-state index contributed by atoms with van der Waals surface area (Å²) in [5.41, 5.74) is 8.86. The van der Waals surface area contributed by atoms with Gasteiger partial charge in [0.2, 0.25) is 0 Å². The van der Waals surface area contributed by atoms with Crippen molar-refractivity contribution in [3.8, 4) is 5.75 Å². The maximum atomic E-state index is 12.2. The van der Waals surface area contributed by atoms with Crippen LogP contribution in [0.15, 0.2) is 48.5 Å². The summed E-state index contributed by atoms with van der Waals surface area (Å²) in [4.78, 5) is 13.9. The van der Waals surface area contributed by atoms with E-state index in [-0.39, 0.29) is 12.2 Å². The third-order valence-electron chi connectivity index (χ3n) is 5.06. The van der Waals surface area contributed by atoms with Crippen LogP contribution in [0.5, 0.6) is 5.75 Å². The molecule has 1 aliphatic heterocycles. The quantitative estimate of drug-likeness (QED) is 0.735. The molecule has 1 saturated heterocycles. The summed E-state index contributed by atoms with van der Waals surface area (Å²) < 4.78 is 11.6. The van der Waals surface area contributed by atoms with Crippen molar-refractivity contribution in [3.05, 3.63) is 59.7 Å². The average molecular weight is 397 g/mol. The molecular weight excluding hydrogens is 364 g/mol. The summed E-state index contributed by atoms with van der Waals surface area (Å²) in [6.45, 7) is 6.99. The number of para-hydroxylation sites is 1. The second kappa shape index (κ2) is 9.21. The molecule has 1 aliphatic rings. The molecule has 29 heavy (non-hydrogen) atoms. The van der Waals surface area contributed by atoms with E-state index in [1.54, 1.807) is 4.90 Å². The fourth-order valence-corrected chi connectivity index (χ4v) is 3.45. The first-order chi connectivity index (χ1) is 13.8. The van der Waals surface area contributed by atoms with Crippen LogP contribution in [0.1, 0.15) is 44.7 Å². The van der Waals surface area contributed by atoms with Gasteiger partial charge in [0.05, 0.1) is 0 Å². The lowest BCUT2D eigenvalue weighted by molar-refractivity contribution is 0.0126. The summed E-state index contributed by atoms with van der Waals surface area (Å²) in [6, 6.07) is 16.3. The van der Waals surface area contributed by atoms with Gasteiger partial charge in [0.15, 0.2) is 0 Å². The van der Waals surface area contributed by atoms with E-state index in [0.717, 1.165) is 37.1 Å². The summed E-state index contributed by atoms with van der Waals surface area (Å²) in [5.74, 6) is 0.878. The van der Waals surface area contributed by atoms with Gasteiger partial charge >= 0.3 is 6.09 Å². The number of hydrogen-bond donors (Lipinski definition) is 1. The number of rotatable bonds is 5. The minimum Gasteiger partial charge on any atom is -0.490 e. The average Bonchev–Trinajstić information content (AvgIpc) is 2.68. The van der Waals surface area contributed by atoms with Crippen LogP contribution in [-0.2, 0) is 17.6 Å². The van der Waals surface area contributed by atoms with E-state index < -0.39 is 5.60 Å². The molecule has 0 saturated carbocycles. The number of aryl methyl sites for hydroxylation is 2. The predicted molar refractivity (Wildman–Crippen MR) is 116 cm³/mol. The van der Waals surface area contributed by atoms with E-state index in [4.69, 9.17) is 15.2 Å². The van der Waals surface area contributed by atoms with E-state index in [2.05, 4.69) is 18.2 Å². The van der Waals surface area contributed by atoms with E-state index in [9.17, 15) is 4.79 Å². The van der Waals surface area contributed by atoms with Crippen molar-refractivity contribution in [2.75, 3.05) is 18.8 Å². The Kier molecular flexibility index (Phi) is 6.68. The maximum absolute atomic E-state index is 12.2. The number of amides is 1. The van der Waals surface area contributed by atoms with Gasteiger partial charge in [-0.25, -0.2) is 4.79 Å². The first-order valence-corrected chi connectivity index (χ1v) is 10.4.